The predicted molar refractivity (Wildman–Crippen MR) is 57.3 cm³/mol. The second-order valence-corrected chi connectivity index (χ2v) is 6.45. The summed E-state index contributed by atoms with van der Waals surface area (Å²) in [5.74, 6) is -0.856. The van der Waals surface area contributed by atoms with Crippen LogP contribution < -0.4 is 15.4 Å². The Kier molecular flexibility index (Phi) is 3.32. The summed E-state index contributed by atoms with van der Waals surface area (Å²) in [6, 6.07) is 1.97. The molecule has 1 rings (SSSR count). The molecule has 1 amide bonds. The molecule has 0 saturated heterocycles. The van der Waals surface area contributed by atoms with Crippen LogP contribution in [0.25, 0.3) is 0 Å². The van der Waals surface area contributed by atoms with Gasteiger partial charge in [-0.05, 0) is 0 Å². The molecule has 0 bridgehead atoms. The van der Waals surface area contributed by atoms with Gasteiger partial charge in [0.05, 0.1) is 0 Å². The maximum absolute atomic E-state index is 11.2. The van der Waals surface area contributed by atoms with Crippen LogP contribution in [0.15, 0.2) is 12.1 Å². The molecular formula is C8H11AsN2O5. The monoisotopic (exact) mass is 290 g/mol. The second kappa shape index (κ2) is 4.21. The van der Waals surface area contributed by atoms with Crippen LogP contribution in [-0.4, -0.2) is 33.4 Å². The number of amides is 1. The second-order valence-electron chi connectivity index (χ2n) is 3.15. The number of hydrogen-bond acceptors (Lipinski definition) is 4. The average Bonchev–Trinajstić information content (AvgIpc) is 2.08. The van der Waals surface area contributed by atoms with Crippen molar-refractivity contribution in [2.24, 2.45) is 0 Å². The first-order valence-corrected chi connectivity index (χ1v) is 7.56. The zero-order valence-electron chi connectivity index (χ0n) is 8.34. The zero-order valence-corrected chi connectivity index (χ0v) is 10.2. The number of carbonyl (C=O) groups is 1. The molecule has 0 aliphatic heterocycles. The van der Waals surface area contributed by atoms with E-state index in [-0.39, 0.29) is 21.5 Å². The van der Waals surface area contributed by atoms with E-state index in [1.807, 2.05) is 0 Å². The Morgan fingerprint density at radius 3 is 2.44 bits per heavy atom. The maximum atomic E-state index is 11.2. The number of carbonyl (C=O) groups excluding carboxylic acids is 1. The Morgan fingerprint density at radius 2 is 2.00 bits per heavy atom. The summed E-state index contributed by atoms with van der Waals surface area (Å²) in [4.78, 5) is 10.8. The van der Waals surface area contributed by atoms with Crippen molar-refractivity contribution in [1.29, 1.82) is 0 Å². The number of nitrogens with one attached hydrogen (secondary N) is 1. The van der Waals surface area contributed by atoms with Gasteiger partial charge in [0.25, 0.3) is 0 Å². The van der Waals surface area contributed by atoms with Crippen LogP contribution in [0.4, 0.5) is 11.4 Å². The molecule has 0 heterocycles. The standard InChI is InChI=1S/C8H11AsN2O5/c1-4(12)11-7-3-8(13)6(10)2-5(7)9(14,15)16/h2-3,13H,10H2,1H3,(H,11,12)(H2,14,15,16). The summed E-state index contributed by atoms with van der Waals surface area (Å²) in [6.45, 7) is 1.18. The van der Waals surface area contributed by atoms with Gasteiger partial charge < -0.3 is 0 Å². The van der Waals surface area contributed by atoms with Gasteiger partial charge in [-0.2, -0.15) is 0 Å². The van der Waals surface area contributed by atoms with E-state index in [0.717, 1.165) is 12.1 Å². The Morgan fingerprint density at radius 1 is 1.44 bits per heavy atom. The Hall–Kier alpha value is -1.43. The first kappa shape index (κ1) is 12.6. The van der Waals surface area contributed by atoms with Gasteiger partial charge in [0.1, 0.15) is 0 Å². The summed E-state index contributed by atoms with van der Waals surface area (Å²) in [7, 11) is 0. The topological polar surface area (TPSA) is 133 Å². The minimum atomic E-state index is -5.20. The van der Waals surface area contributed by atoms with Crippen LogP contribution in [0, 0.1) is 0 Å². The number of phenols is 1. The van der Waals surface area contributed by atoms with Crippen molar-refractivity contribution in [3.05, 3.63) is 12.1 Å². The Bertz CT molecular complexity index is 482. The van der Waals surface area contributed by atoms with E-state index < -0.39 is 20.1 Å². The van der Waals surface area contributed by atoms with Crippen LogP contribution >= 0.6 is 0 Å². The molecular weight excluding hydrogens is 279 g/mol. The van der Waals surface area contributed by atoms with Crippen molar-refractivity contribution in [3.8, 4) is 5.75 Å². The van der Waals surface area contributed by atoms with E-state index in [0.29, 0.717) is 0 Å². The molecule has 0 unspecified atom stereocenters. The molecule has 0 spiro atoms. The van der Waals surface area contributed by atoms with E-state index in [9.17, 15) is 13.6 Å². The van der Waals surface area contributed by atoms with Gasteiger partial charge in [-0.15, -0.1) is 0 Å². The summed E-state index contributed by atoms with van der Waals surface area (Å²) in [5.41, 5.74) is 5.03. The van der Waals surface area contributed by atoms with E-state index >= 15 is 0 Å². The van der Waals surface area contributed by atoms with Crippen LogP contribution in [0.2, 0.25) is 0 Å². The third-order valence-corrected chi connectivity index (χ3v) is 3.86. The molecule has 0 aliphatic rings. The van der Waals surface area contributed by atoms with E-state index in [1.165, 1.54) is 6.92 Å². The molecule has 0 saturated carbocycles. The molecule has 16 heavy (non-hydrogen) atoms. The number of rotatable bonds is 2. The molecule has 0 aliphatic carbocycles. The minimum absolute atomic E-state index is 0.133. The number of phenolic OH excluding ortho intramolecular Hbond substituents is 1. The number of nitrogens with two attached hydrogens (primary N) is 1. The molecule has 7 nitrogen and oxygen atoms in total. The quantitative estimate of drug-likeness (QED) is 0.255. The number of anilines is 2. The van der Waals surface area contributed by atoms with Crippen LogP contribution in [0.5, 0.6) is 5.75 Å². The van der Waals surface area contributed by atoms with Crippen molar-refractivity contribution >= 4 is 35.8 Å². The van der Waals surface area contributed by atoms with E-state index in [1.54, 1.807) is 0 Å². The number of aromatic hydroxyl groups is 1. The van der Waals surface area contributed by atoms with Gasteiger partial charge in [0.2, 0.25) is 0 Å². The molecule has 8 heteroatoms. The van der Waals surface area contributed by atoms with Crippen molar-refractivity contribution in [3.63, 3.8) is 0 Å². The average molecular weight is 290 g/mol. The Balaban J connectivity index is 3.39. The van der Waals surface area contributed by atoms with Crippen molar-refractivity contribution in [2.75, 3.05) is 11.1 Å². The fraction of sp³-hybridized carbons (Fsp3) is 0.125. The van der Waals surface area contributed by atoms with Gasteiger partial charge in [0.15, 0.2) is 0 Å². The van der Waals surface area contributed by atoms with Gasteiger partial charge in [-0.1, -0.05) is 0 Å². The summed E-state index contributed by atoms with van der Waals surface area (Å²) >= 11 is -5.20. The van der Waals surface area contributed by atoms with Crippen molar-refractivity contribution < 1.29 is 21.8 Å². The predicted octanol–water partition coefficient (Wildman–Crippen LogP) is -1.51. The third-order valence-electron chi connectivity index (χ3n) is 1.77. The zero-order chi connectivity index (χ0) is 12.5. The normalized spacial score (nSPS) is 11.2. The molecule has 0 fully saturated rings. The summed E-state index contributed by atoms with van der Waals surface area (Å²) in [5, 5.41) is 11.5. The molecule has 0 aromatic heterocycles. The van der Waals surface area contributed by atoms with Gasteiger partial charge in [-0.3, -0.25) is 0 Å². The molecule has 1 aromatic rings. The van der Waals surface area contributed by atoms with E-state index in [4.69, 9.17) is 13.9 Å². The number of benzene rings is 1. The SMILES string of the molecule is CC(=O)Nc1cc(O)c(N)cc1[As](=O)(O)O. The van der Waals surface area contributed by atoms with Crippen LogP contribution in [0.3, 0.4) is 0 Å². The summed E-state index contributed by atoms with van der Waals surface area (Å²) in [6.07, 6.45) is 0. The number of nitrogen functional groups attached to an aromatic ring is 1. The van der Waals surface area contributed by atoms with Crippen LogP contribution in [-0.2, 0) is 8.53 Å². The molecule has 88 valence electrons. The van der Waals surface area contributed by atoms with Gasteiger partial charge in [-0.25, -0.2) is 0 Å². The molecule has 0 radical (unpaired) electrons. The first-order chi connectivity index (χ1) is 7.21. The fourth-order valence-corrected chi connectivity index (χ4v) is 2.68. The molecule has 0 atom stereocenters. The van der Waals surface area contributed by atoms with Crippen molar-refractivity contribution in [1.82, 2.24) is 0 Å². The Labute approximate surface area is 93.9 Å². The molecule has 1 aromatic carbocycles. The van der Waals surface area contributed by atoms with Crippen LogP contribution in [0.1, 0.15) is 6.92 Å². The fourth-order valence-electron chi connectivity index (χ4n) is 1.12. The van der Waals surface area contributed by atoms with E-state index in [2.05, 4.69) is 5.32 Å². The third kappa shape index (κ3) is 2.79. The van der Waals surface area contributed by atoms with Crippen molar-refractivity contribution in [2.45, 2.75) is 6.92 Å². The van der Waals surface area contributed by atoms with Gasteiger partial charge >= 0.3 is 93.5 Å². The summed E-state index contributed by atoms with van der Waals surface area (Å²) < 4.78 is 29.0. The number of hydrogen-bond donors (Lipinski definition) is 5. The molecule has 6 N–H and O–H groups in total. The first-order valence-electron chi connectivity index (χ1n) is 4.18. The van der Waals surface area contributed by atoms with Gasteiger partial charge in [0, 0.05) is 0 Å².